The highest BCUT2D eigenvalue weighted by molar-refractivity contribution is 6.42. The van der Waals surface area contributed by atoms with E-state index in [4.69, 9.17) is 33.7 Å². The maximum atomic E-state index is 6.13. The second kappa shape index (κ2) is 6.25. The normalized spacial score (nSPS) is 10.4. The van der Waals surface area contributed by atoms with Crippen molar-refractivity contribution in [3.63, 3.8) is 0 Å². The Morgan fingerprint density at radius 3 is 2.60 bits per heavy atom. The second-order valence-electron chi connectivity index (χ2n) is 4.62. The van der Waals surface area contributed by atoms with Crippen LogP contribution in [0.4, 0.5) is 11.4 Å². The predicted molar refractivity (Wildman–Crippen MR) is 86.0 cm³/mol. The van der Waals surface area contributed by atoms with E-state index in [-0.39, 0.29) is 0 Å². The average Bonchev–Trinajstić information content (AvgIpc) is 2.41. The number of anilines is 2. The minimum atomic E-state index is 0.320. The predicted octanol–water partition coefficient (Wildman–Crippen LogP) is 4.22. The molecule has 106 valence electrons. The van der Waals surface area contributed by atoms with Crippen LogP contribution in [-0.4, -0.2) is 14.1 Å². The fourth-order valence-electron chi connectivity index (χ4n) is 1.74. The third kappa shape index (κ3) is 3.30. The molecule has 2 aromatic rings. The summed E-state index contributed by atoms with van der Waals surface area (Å²) in [6.45, 7) is 0.320. The molecule has 20 heavy (non-hydrogen) atoms. The van der Waals surface area contributed by atoms with Crippen LogP contribution in [0, 0.1) is 0 Å². The van der Waals surface area contributed by atoms with Gasteiger partial charge in [-0.3, -0.25) is 0 Å². The number of nitrogen functional groups attached to an aromatic ring is 1. The zero-order valence-electron chi connectivity index (χ0n) is 11.4. The van der Waals surface area contributed by atoms with E-state index in [9.17, 15) is 0 Å². The number of benzene rings is 2. The van der Waals surface area contributed by atoms with Crippen LogP contribution in [0.1, 0.15) is 5.56 Å². The van der Waals surface area contributed by atoms with Gasteiger partial charge in [0.2, 0.25) is 0 Å². The average molecular weight is 311 g/mol. The van der Waals surface area contributed by atoms with E-state index in [2.05, 4.69) is 0 Å². The Morgan fingerprint density at radius 1 is 1.15 bits per heavy atom. The zero-order chi connectivity index (χ0) is 14.7. The van der Waals surface area contributed by atoms with Gasteiger partial charge in [-0.1, -0.05) is 35.3 Å². The molecule has 0 bridgehead atoms. The highest BCUT2D eigenvalue weighted by atomic mass is 35.5. The molecule has 0 spiro atoms. The molecule has 0 aliphatic heterocycles. The minimum absolute atomic E-state index is 0.320. The lowest BCUT2D eigenvalue weighted by Gasteiger charge is -2.16. The first-order chi connectivity index (χ1) is 9.49. The van der Waals surface area contributed by atoms with Crippen LogP contribution in [0.25, 0.3) is 0 Å². The van der Waals surface area contributed by atoms with Crippen LogP contribution in [0.3, 0.4) is 0 Å². The van der Waals surface area contributed by atoms with Crippen molar-refractivity contribution in [2.24, 2.45) is 0 Å². The second-order valence-corrected chi connectivity index (χ2v) is 5.40. The summed E-state index contributed by atoms with van der Waals surface area (Å²) >= 11 is 12.1. The first kappa shape index (κ1) is 14.8. The maximum Gasteiger partial charge on any atom is 0.144 e. The molecule has 5 heteroatoms. The SMILES string of the molecule is CN(C)c1ccc(N)c(OCc2cccc(Cl)c2Cl)c1. The summed E-state index contributed by atoms with van der Waals surface area (Å²) in [5.41, 5.74) is 8.36. The lowest BCUT2D eigenvalue weighted by molar-refractivity contribution is 0.308. The monoisotopic (exact) mass is 310 g/mol. The van der Waals surface area contributed by atoms with Crippen LogP contribution >= 0.6 is 23.2 Å². The van der Waals surface area contributed by atoms with E-state index >= 15 is 0 Å². The van der Waals surface area contributed by atoms with Gasteiger partial charge in [0.05, 0.1) is 15.7 Å². The van der Waals surface area contributed by atoms with Gasteiger partial charge in [0.25, 0.3) is 0 Å². The Morgan fingerprint density at radius 2 is 1.90 bits per heavy atom. The third-order valence-electron chi connectivity index (χ3n) is 2.93. The Hall–Kier alpha value is -1.58. The summed E-state index contributed by atoms with van der Waals surface area (Å²) < 4.78 is 5.75. The number of rotatable bonds is 4. The molecule has 0 amide bonds. The summed E-state index contributed by atoms with van der Waals surface area (Å²) in [6.07, 6.45) is 0. The quantitative estimate of drug-likeness (QED) is 0.859. The molecule has 0 aliphatic rings. The van der Waals surface area contributed by atoms with Gasteiger partial charge in [-0.25, -0.2) is 0 Å². The number of hydrogen-bond acceptors (Lipinski definition) is 3. The first-order valence-corrected chi connectivity index (χ1v) is 6.87. The van der Waals surface area contributed by atoms with E-state index in [1.54, 1.807) is 6.07 Å². The summed E-state index contributed by atoms with van der Waals surface area (Å²) in [4.78, 5) is 1.98. The molecule has 2 rings (SSSR count). The Balaban J connectivity index is 2.18. The van der Waals surface area contributed by atoms with Gasteiger partial charge in [0.15, 0.2) is 0 Å². The highest BCUT2D eigenvalue weighted by Crippen LogP contribution is 2.30. The minimum Gasteiger partial charge on any atom is -0.487 e. The topological polar surface area (TPSA) is 38.5 Å². The van der Waals surface area contributed by atoms with Crippen molar-refractivity contribution in [1.29, 1.82) is 0 Å². The fraction of sp³-hybridized carbons (Fsp3) is 0.200. The van der Waals surface area contributed by atoms with E-state index in [0.29, 0.717) is 28.1 Å². The van der Waals surface area contributed by atoms with E-state index < -0.39 is 0 Å². The van der Waals surface area contributed by atoms with Crippen LogP contribution in [0.15, 0.2) is 36.4 Å². The molecular formula is C15H16Cl2N2O. The number of nitrogens with two attached hydrogens (primary N) is 1. The van der Waals surface area contributed by atoms with Crippen molar-refractivity contribution < 1.29 is 4.74 Å². The van der Waals surface area contributed by atoms with Crippen LogP contribution in [0.5, 0.6) is 5.75 Å². The van der Waals surface area contributed by atoms with Crippen molar-refractivity contribution in [3.05, 3.63) is 52.0 Å². The van der Waals surface area contributed by atoms with Crippen LogP contribution in [-0.2, 0) is 6.61 Å². The Labute approximate surface area is 128 Å². The van der Waals surface area contributed by atoms with Crippen molar-refractivity contribution >= 4 is 34.6 Å². The first-order valence-electron chi connectivity index (χ1n) is 6.11. The summed E-state index contributed by atoms with van der Waals surface area (Å²) in [5.74, 6) is 0.632. The van der Waals surface area contributed by atoms with Crippen LogP contribution < -0.4 is 15.4 Å². The molecule has 0 heterocycles. The molecule has 0 saturated heterocycles. The summed E-state index contributed by atoms with van der Waals surface area (Å²) in [6, 6.07) is 11.1. The summed E-state index contributed by atoms with van der Waals surface area (Å²) in [7, 11) is 3.92. The van der Waals surface area contributed by atoms with Crippen molar-refractivity contribution in [2.45, 2.75) is 6.61 Å². The summed E-state index contributed by atoms with van der Waals surface area (Å²) in [5, 5.41) is 1.03. The lowest BCUT2D eigenvalue weighted by atomic mass is 10.2. The molecule has 0 unspecified atom stereocenters. The van der Waals surface area contributed by atoms with Gasteiger partial charge in [-0.2, -0.15) is 0 Å². The molecule has 2 N–H and O–H groups in total. The number of ether oxygens (including phenoxy) is 1. The molecule has 0 saturated carbocycles. The van der Waals surface area contributed by atoms with Gasteiger partial charge in [0.1, 0.15) is 12.4 Å². The molecule has 0 atom stereocenters. The lowest BCUT2D eigenvalue weighted by Crippen LogP contribution is -2.09. The van der Waals surface area contributed by atoms with Crippen LogP contribution in [0.2, 0.25) is 10.0 Å². The third-order valence-corrected chi connectivity index (χ3v) is 3.79. The molecule has 3 nitrogen and oxygen atoms in total. The molecule has 0 aromatic heterocycles. The van der Waals surface area contributed by atoms with Crippen molar-refractivity contribution in [3.8, 4) is 5.75 Å². The maximum absolute atomic E-state index is 6.13. The van der Waals surface area contributed by atoms with Gasteiger partial charge in [-0.05, 0) is 18.2 Å². The highest BCUT2D eigenvalue weighted by Gasteiger charge is 2.08. The molecule has 0 aliphatic carbocycles. The van der Waals surface area contributed by atoms with Gasteiger partial charge in [0, 0.05) is 31.4 Å². The molecule has 0 fully saturated rings. The standard InChI is InChI=1S/C15H16Cl2N2O/c1-19(2)11-6-7-13(18)14(8-11)20-9-10-4-3-5-12(16)15(10)17/h3-8H,9,18H2,1-2H3. The van der Waals surface area contributed by atoms with Crippen molar-refractivity contribution in [1.82, 2.24) is 0 Å². The number of nitrogens with zero attached hydrogens (tertiary/aromatic N) is 1. The number of hydrogen-bond donors (Lipinski definition) is 1. The molecule has 2 aromatic carbocycles. The number of halogens is 2. The van der Waals surface area contributed by atoms with Gasteiger partial charge in [-0.15, -0.1) is 0 Å². The van der Waals surface area contributed by atoms with Crippen molar-refractivity contribution in [2.75, 3.05) is 24.7 Å². The van der Waals surface area contributed by atoms with Gasteiger partial charge >= 0.3 is 0 Å². The molecule has 0 radical (unpaired) electrons. The van der Waals surface area contributed by atoms with E-state index in [1.165, 1.54) is 0 Å². The largest absolute Gasteiger partial charge is 0.487 e. The Bertz CT molecular complexity index is 615. The fourth-order valence-corrected chi connectivity index (χ4v) is 2.12. The van der Waals surface area contributed by atoms with Gasteiger partial charge < -0.3 is 15.4 Å². The van der Waals surface area contributed by atoms with E-state index in [0.717, 1.165) is 11.3 Å². The Kier molecular flexibility index (Phi) is 4.63. The molecular weight excluding hydrogens is 295 g/mol. The van der Waals surface area contributed by atoms with E-state index in [1.807, 2.05) is 49.3 Å². The smallest absolute Gasteiger partial charge is 0.144 e. The zero-order valence-corrected chi connectivity index (χ0v) is 12.9.